The molecule has 1 aromatic rings. The van der Waals surface area contributed by atoms with Crippen molar-refractivity contribution in [3.05, 3.63) is 47.2 Å². The van der Waals surface area contributed by atoms with Crippen molar-refractivity contribution in [1.29, 1.82) is 5.26 Å². The number of allylic oxidation sites excluding steroid dienone is 1. The number of benzene rings is 1. The van der Waals surface area contributed by atoms with Gasteiger partial charge in [-0.15, -0.1) is 0 Å². The number of Topliss-reactive ketones (excluding diaryl/α,β-unsaturated/α-hetero) is 1. The van der Waals surface area contributed by atoms with Crippen molar-refractivity contribution in [2.24, 2.45) is 0 Å². The lowest BCUT2D eigenvalue weighted by atomic mass is 10.0. The molecule has 0 bridgehead atoms. The van der Waals surface area contributed by atoms with Crippen LogP contribution in [-0.2, 0) is 0 Å². The Balaban J connectivity index is 3.21. The van der Waals surface area contributed by atoms with E-state index in [-0.39, 0.29) is 5.57 Å². The third-order valence-corrected chi connectivity index (χ3v) is 1.93. The predicted molar refractivity (Wildman–Crippen MR) is 58.1 cm³/mol. The molecule has 0 aliphatic carbocycles. The van der Waals surface area contributed by atoms with Crippen LogP contribution in [0, 0.1) is 23.0 Å². The first-order chi connectivity index (χ1) is 7.95. The van der Waals surface area contributed by atoms with E-state index in [9.17, 15) is 13.6 Å². The molecule has 1 aromatic carbocycles. The summed E-state index contributed by atoms with van der Waals surface area (Å²) in [7, 11) is 3.24. The van der Waals surface area contributed by atoms with Crippen LogP contribution in [0.15, 0.2) is 30.0 Å². The fourth-order valence-electron chi connectivity index (χ4n) is 1.21. The second kappa shape index (κ2) is 5.21. The Morgan fingerprint density at radius 2 is 2.06 bits per heavy atom. The number of carbonyl (C=O) groups is 1. The second-order valence-electron chi connectivity index (χ2n) is 3.57. The summed E-state index contributed by atoms with van der Waals surface area (Å²) in [6.45, 7) is 0. The number of carbonyl (C=O) groups excluding carboxylic acids is 1. The number of nitrogens with zero attached hydrogens (tertiary/aromatic N) is 2. The van der Waals surface area contributed by atoms with E-state index in [0.717, 1.165) is 18.2 Å². The standard InChI is InChI=1S/C12H10F2N2O/c1-16(2)7-8(6-15)12(17)10-5-9(13)3-4-11(10)14/h3-5,7H,1-2H3. The van der Waals surface area contributed by atoms with Crippen LogP contribution in [0.3, 0.4) is 0 Å². The highest BCUT2D eigenvalue weighted by Gasteiger charge is 2.17. The minimum atomic E-state index is -0.851. The molecule has 0 radical (unpaired) electrons. The van der Waals surface area contributed by atoms with Crippen molar-refractivity contribution in [3.8, 4) is 6.07 Å². The van der Waals surface area contributed by atoms with Gasteiger partial charge < -0.3 is 4.90 Å². The van der Waals surface area contributed by atoms with Gasteiger partial charge in [-0.2, -0.15) is 5.26 Å². The van der Waals surface area contributed by atoms with Gasteiger partial charge in [0.2, 0.25) is 5.78 Å². The molecule has 17 heavy (non-hydrogen) atoms. The van der Waals surface area contributed by atoms with Crippen LogP contribution in [0.5, 0.6) is 0 Å². The molecule has 0 N–H and O–H groups in total. The van der Waals surface area contributed by atoms with Crippen molar-refractivity contribution < 1.29 is 13.6 Å². The Morgan fingerprint density at radius 1 is 1.41 bits per heavy atom. The van der Waals surface area contributed by atoms with Crippen LogP contribution in [0.2, 0.25) is 0 Å². The van der Waals surface area contributed by atoms with Crippen LogP contribution in [0.25, 0.3) is 0 Å². The van der Waals surface area contributed by atoms with E-state index >= 15 is 0 Å². The Hall–Kier alpha value is -2.22. The van der Waals surface area contributed by atoms with E-state index in [2.05, 4.69) is 0 Å². The van der Waals surface area contributed by atoms with E-state index < -0.39 is 23.0 Å². The summed E-state index contributed by atoms with van der Waals surface area (Å²) < 4.78 is 26.2. The van der Waals surface area contributed by atoms with E-state index in [0.29, 0.717) is 0 Å². The second-order valence-corrected chi connectivity index (χ2v) is 3.57. The zero-order valence-electron chi connectivity index (χ0n) is 9.37. The Morgan fingerprint density at radius 3 is 2.59 bits per heavy atom. The molecule has 0 aliphatic rings. The van der Waals surface area contributed by atoms with Crippen LogP contribution in [0.4, 0.5) is 8.78 Å². The molecule has 88 valence electrons. The van der Waals surface area contributed by atoms with Crippen molar-refractivity contribution in [1.82, 2.24) is 4.90 Å². The highest BCUT2D eigenvalue weighted by molar-refractivity contribution is 6.11. The maximum absolute atomic E-state index is 13.3. The molecule has 0 heterocycles. The quantitative estimate of drug-likeness (QED) is 0.458. The summed E-state index contributed by atoms with van der Waals surface area (Å²) in [5.74, 6) is -2.41. The van der Waals surface area contributed by atoms with Gasteiger partial charge in [-0.05, 0) is 18.2 Å². The van der Waals surface area contributed by atoms with E-state index in [1.165, 1.54) is 11.1 Å². The normalized spacial score (nSPS) is 10.9. The van der Waals surface area contributed by atoms with Gasteiger partial charge in [-0.25, -0.2) is 8.78 Å². The number of nitriles is 1. The number of halogens is 2. The molecule has 0 atom stereocenters. The first-order valence-electron chi connectivity index (χ1n) is 4.74. The van der Waals surface area contributed by atoms with Gasteiger partial charge in [-0.1, -0.05) is 0 Å². The fourth-order valence-corrected chi connectivity index (χ4v) is 1.21. The minimum Gasteiger partial charge on any atom is -0.382 e. The molecule has 0 fully saturated rings. The van der Waals surface area contributed by atoms with Crippen molar-refractivity contribution in [2.45, 2.75) is 0 Å². The average Bonchev–Trinajstić information content (AvgIpc) is 2.28. The molecule has 5 heteroatoms. The molecule has 0 unspecified atom stereocenters. The molecule has 1 rings (SSSR count). The van der Waals surface area contributed by atoms with E-state index in [4.69, 9.17) is 5.26 Å². The first-order valence-corrected chi connectivity index (χ1v) is 4.74. The van der Waals surface area contributed by atoms with Crippen molar-refractivity contribution >= 4 is 5.78 Å². The zero-order chi connectivity index (χ0) is 13.0. The lowest BCUT2D eigenvalue weighted by Crippen LogP contribution is -2.10. The van der Waals surface area contributed by atoms with Gasteiger partial charge in [0.1, 0.15) is 23.3 Å². The summed E-state index contributed by atoms with van der Waals surface area (Å²) >= 11 is 0. The number of ketones is 1. The van der Waals surface area contributed by atoms with Gasteiger partial charge in [0.15, 0.2) is 0 Å². The third kappa shape index (κ3) is 3.11. The molecule has 0 aromatic heterocycles. The topological polar surface area (TPSA) is 44.1 Å². The van der Waals surface area contributed by atoms with Gasteiger partial charge in [0.05, 0.1) is 5.56 Å². The number of rotatable bonds is 3. The molecule has 0 aliphatic heterocycles. The fraction of sp³-hybridized carbons (Fsp3) is 0.167. The Labute approximate surface area is 97.6 Å². The largest absolute Gasteiger partial charge is 0.382 e. The van der Waals surface area contributed by atoms with Crippen LogP contribution >= 0.6 is 0 Å². The van der Waals surface area contributed by atoms with Crippen molar-refractivity contribution in [2.75, 3.05) is 14.1 Å². The van der Waals surface area contributed by atoms with E-state index in [1.807, 2.05) is 0 Å². The molecule has 0 spiro atoms. The molecule has 0 amide bonds. The van der Waals surface area contributed by atoms with Crippen LogP contribution in [-0.4, -0.2) is 24.8 Å². The minimum absolute atomic E-state index is 0.250. The molecule has 0 saturated carbocycles. The summed E-state index contributed by atoms with van der Waals surface area (Å²) in [5.41, 5.74) is -0.695. The maximum atomic E-state index is 13.3. The molecule has 0 saturated heterocycles. The summed E-state index contributed by atoms with van der Waals surface area (Å²) in [6.07, 6.45) is 1.26. The third-order valence-electron chi connectivity index (χ3n) is 1.93. The van der Waals surface area contributed by atoms with Gasteiger partial charge in [0, 0.05) is 20.3 Å². The zero-order valence-corrected chi connectivity index (χ0v) is 9.37. The highest BCUT2D eigenvalue weighted by atomic mass is 19.1. The SMILES string of the molecule is CN(C)C=C(C#N)C(=O)c1cc(F)ccc1F. The first kappa shape index (κ1) is 12.8. The van der Waals surface area contributed by atoms with Crippen LogP contribution in [0.1, 0.15) is 10.4 Å². The average molecular weight is 236 g/mol. The Bertz CT molecular complexity index is 516. The van der Waals surface area contributed by atoms with Gasteiger partial charge in [-0.3, -0.25) is 4.79 Å². The number of hydrogen-bond acceptors (Lipinski definition) is 3. The Kier molecular flexibility index (Phi) is 3.94. The van der Waals surface area contributed by atoms with Crippen molar-refractivity contribution in [3.63, 3.8) is 0 Å². The van der Waals surface area contributed by atoms with Crippen LogP contribution < -0.4 is 0 Å². The smallest absolute Gasteiger partial charge is 0.208 e. The summed E-state index contributed by atoms with van der Waals surface area (Å²) in [5, 5.41) is 8.78. The maximum Gasteiger partial charge on any atom is 0.208 e. The van der Waals surface area contributed by atoms with E-state index in [1.54, 1.807) is 20.2 Å². The monoisotopic (exact) mass is 236 g/mol. The number of hydrogen-bond donors (Lipinski definition) is 0. The lowest BCUT2D eigenvalue weighted by molar-refractivity contribution is 0.103. The molecule has 3 nitrogen and oxygen atoms in total. The lowest BCUT2D eigenvalue weighted by Gasteiger charge is -2.06. The summed E-state index contributed by atoms with van der Waals surface area (Å²) in [4.78, 5) is 13.2. The van der Waals surface area contributed by atoms with Gasteiger partial charge in [0.25, 0.3) is 0 Å². The molecular weight excluding hydrogens is 226 g/mol. The highest BCUT2D eigenvalue weighted by Crippen LogP contribution is 2.14. The van der Waals surface area contributed by atoms with Gasteiger partial charge >= 0.3 is 0 Å². The predicted octanol–water partition coefficient (Wildman–Crippen LogP) is 2.12. The summed E-state index contributed by atoms with van der Waals surface area (Å²) in [6, 6.07) is 4.20. The molecular formula is C12H10F2N2O.